The van der Waals surface area contributed by atoms with Crippen molar-refractivity contribution in [2.45, 2.75) is 19.4 Å². The third-order valence-corrected chi connectivity index (χ3v) is 5.51. The first kappa shape index (κ1) is 22.4. The lowest BCUT2D eigenvalue weighted by Gasteiger charge is -2.14. The Morgan fingerprint density at radius 3 is 2.39 bits per heavy atom. The van der Waals surface area contributed by atoms with Crippen LogP contribution in [0.3, 0.4) is 0 Å². The molecule has 1 heterocycles. The maximum absolute atomic E-state index is 13.1. The summed E-state index contributed by atoms with van der Waals surface area (Å²) >= 11 is 0. The molecule has 3 aromatic rings. The first-order chi connectivity index (χ1) is 16.0. The number of carbonyl (C=O) groups excluding carboxylic acids is 2. The van der Waals surface area contributed by atoms with Gasteiger partial charge < -0.3 is 15.5 Å². The van der Waals surface area contributed by atoms with Gasteiger partial charge in [0.15, 0.2) is 0 Å². The van der Waals surface area contributed by atoms with E-state index in [9.17, 15) is 9.59 Å². The van der Waals surface area contributed by atoms with Gasteiger partial charge >= 0.3 is 0 Å². The van der Waals surface area contributed by atoms with Crippen LogP contribution in [0, 0.1) is 0 Å². The van der Waals surface area contributed by atoms with E-state index in [4.69, 9.17) is 4.99 Å². The lowest BCUT2D eigenvalue weighted by Crippen LogP contribution is -2.22. The smallest absolute Gasteiger partial charge is 0.251 e. The molecule has 33 heavy (non-hydrogen) atoms. The maximum Gasteiger partial charge on any atom is 0.251 e. The van der Waals surface area contributed by atoms with Gasteiger partial charge in [-0.2, -0.15) is 0 Å². The number of hydrogen-bond donors (Lipinski definition) is 2. The van der Waals surface area contributed by atoms with Crippen LogP contribution in [0.15, 0.2) is 77.8 Å². The Balaban J connectivity index is 1.74. The van der Waals surface area contributed by atoms with Gasteiger partial charge in [-0.1, -0.05) is 48.5 Å². The topological polar surface area (TPSA) is 73.8 Å². The lowest BCUT2D eigenvalue weighted by molar-refractivity contribution is -0.115. The summed E-state index contributed by atoms with van der Waals surface area (Å²) in [7, 11) is 4.07. The molecule has 4 rings (SSSR count). The molecule has 0 saturated carbocycles. The van der Waals surface area contributed by atoms with Crippen molar-refractivity contribution in [3.63, 3.8) is 0 Å². The first-order valence-corrected chi connectivity index (χ1v) is 11.1. The van der Waals surface area contributed by atoms with E-state index in [1.54, 1.807) is 12.1 Å². The van der Waals surface area contributed by atoms with Gasteiger partial charge in [0.25, 0.3) is 5.91 Å². The molecule has 0 fully saturated rings. The summed E-state index contributed by atoms with van der Waals surface area (Å²) in [6.07, 6.45) is 0. The van der Waals surface area contributed by atoms with E-state index in [1.807, 2.05) is 69.6 Å². The van der Waals surface area contributed by atoms with Crippen molar-refractivity contribution in [1.82, 2.24) is 10.2 Å². The summed E-state index contributed by atoms with van der Waals surface area (Å²) in [5, 5.41) is 5.74. The molecule has 1 atom stereocenters. The minimum Gasteiger partial charge on any atom is -0.352 e. The molecule has 2 amide bonds. The van der Waals surface area contributed by atoms with E-state index in [0.29, 0.717) is 23.5 Å². The number of benzene rings is 3. The second-order valence-corrected chi connectivity index (χ2v) is 8.35. The summed E-state index contributed by atoms with van der Waals surface area (Å²) in [4.78, 5) is 32.4. The summed E-state index contributed by atoms with van der Waals surface area (Å²) in [6, 6.07) is 23.2. The van der Waals surface area contributed by atoms with E-state index >= 15 is 0 Å². The monoisotopic (exact) mass is 440 g/mol. The van der Waals surface area contributed by atoms with Crippen LogP contribution < -0.4 is 10.6 Å². The molecule has 0 spiro atoms. The molecule has 6 nitrogen and oxygen atoms in total. The quantitative estimate of drug-likeness (QED) is 0.537. The highest BCUT2D eigenvalue weighted by molar-refractivity contribution is 6.24. The Hall–Kier alpha value is -3.77. The molecule has 2 N–H and O–H groups in total. The zero-order valence-electron chi connectivity index (χ0n) is 19.1. The van der Waals surface area contributed by atoms with E-state index in [-0.39, 0.29) is 11.8 Å². The molecule has 0 aromatic heterocycles. The van der Waals surface area contributed by atoms with Gasteiger partial charge in [-0.15, -0.1) is 0 Å². The van der Waals surface area contributed by atoms with Crippen LogP contribution in [0.1, 0.15) is 39.9 Å². The second kappa shape index (κ2) is 9.79. The molecule has 1 aliphatic heterocycles. The number of carbonyl (C=O) groups is 2. The fraction of sp³-hybridized carbons (Fsp3) is 0.222. The highest BCUT2D eigenvalue weighted by Crippen LogP contribution is 2.37. The molecule has 0 radical (unpaired) electrons. The largest absolute Gasteiger partial charge is 0.352 e. The number of fused-ring (bicyclic) bond motifs is 1. The minimum absolute atomic E-state index is 0.148. The minimum atomic E-state index is -0.563. The Morgan fingerprint density at radius 2 is 1.73 bits per heavy atom. The molecule has 0 saturated heterocycles. The van der Waals surface area contributed by atoms with Gasteiger partial charge in [0.2, 0.25) is 5.91 Å². The number of amides is 2. The number of anilines is 1. The van der Waals surface area contributed by atoms with Crippen LogP contribution >= 0.6 is 0 Å². The summed E-state index contributed by atoms with van der Waals surface area (Å²) < 4.78 is 0. The predicted octanol–water partition coefficient (Wildman–Crippen LogP) is 4.35. The van der Waals surface area contributed by atoms with E-state index in [2.05, 4.69) is 27.7 Å². The number of nitrogens with zero attached hydrogens (tertiary/aromatic N) is 2. The Kier molecular flexibility index (Phi) is 6.66. The number of aliphatic imine (C=N–C) groups is 1. The van der Waals surface area contributed by atoms with Crippen molar-refractivity contribution in [2.75, 3.05) is 26.0 Å². The van der Waals surface area contributed by atoms with Crippen LogP contribution in [0.4, 0.5) is 11.4 Å². The van der Waals surface area contributed by atoms with Gasteiger partial charge in [-0.05, 0) is 62.0 Å². The molecular formula is C27H28N4O2. The van der Waals surface area contributed by atoms with Gasteiger partial charge in [0, 0.05) is 24.3 Å². The van der Waals surface area contributed by atoms with Crippen LogP contribution in [-0.4, -0.2) is 43.1 Å². The molecule has 1 unspecified atom stereocenters. The zero-order chi connectivity index (χ0) is 23.4. The molecular weight excluding hydrogens is 412 g/mol. The fourth-order valence-corrected chi connectivity index (χ4v) is 4.02. The van der Waals surface area contributed by atoms with Crippen LogP contribution in [0.5, 0.6) is 0 Å². The second-order valence-electron chi connectivity index (χ2n) is 8.35. The molecule has 3 aromatic carbocycles. The van der Waals surface area contributed by atoms with E-state index in [0.717, 1.165) is 23.4 Å². The first-order valence-electron chi connectivity index (χ1n) is 11.1. The van der Waals surface area contributed by atoms with E-state index in [1.165, 1.54) is 5.56 Å². The fourth-order valence-electron chi connectivity index (χ4n) is 4.02. The summed E-state index contributed by atoms with van der Waals surface area (Å²) in [6.45, 7) is 3.27. The molecule has 168 valence electrons. The highest BCUT2D eigenvalue weighted by atomic mass is 16.2. The van der Waals surface area contributed by atoms with E-state index < -0.39 is 5.92 Å². The standard InChI is InChI=1S/C27H28N4O2/c1-4-28-26(32)20-12-15-22-23(16-20)30-27(33)24(22)25(19-8-6-5-7-9-19)29-21-13-10-18(11-14-21)17-31(2)3/h5-16,24H,4,17H2,1-3H3,(H,28,32)(H,30,33). The Labute approximate surface area is 194 Å². The van der Waals surface area contributed by atoms with Crippen LogP contribution in [-0.2, 0) is 11.3 Å². The molecule has 0 bridgehead atoms. The van der Waals surface area contributed by atoms with Crippen molar-refractivity contribution >= 4 is 28.9 Å². The third-order valence-electron chi connectivity index (χ3n) is 5.51. The van der Waals surface area contributed by atoms with Gasteiger partial charge in [-0.3, -0.25) is 14.6 Å². The number of hydrogen-bond acceptors (Lipinski definition) is 4. The maximum atomic E-state index is 13.1. The van der Waals surface area contributed by atoms with Crippen molar-refractivity contribution in [1.29, 1.82) is 0 Å². The molecule has 1 aliphatic rings. The predicted molar refractivity (Wildman–Crippen MR) is 132 cm³/mol. The van der Waals surface area contributed by atoms with Gasteiger partial charge in [-0.25, -0.2) is 0 Å². The van der Waals surface area contributed by atoms with Crippen LogP contribution in [0.2, 0.25) is 0 Å². The van der Waals surface area contributed by atoms with Gasteiger partial charge in [0.1, 0.15) is 5.92 Å². The average Bonchev–Trinajstić information content (AvgIpc) is 3.13. The Bertz CT molecular complexity index is 1180. The average molecular weight is 441 g/mol. The van der Waals surface area contributed by atoms with Crippen molar-refractivity contribution in [3.05, 3.63) is 95.1 Å². The normalized spacial score (nSPS) is 15.3. The van der Waals surface area contributed by atoms with Crippen molar-refractivity contribution in [2.24, 2.45) is 4.99 Å². The molecule has 0 aliphatic carbocycles. The van der Waals surface area contributed by atoms with Gasteiger partial charge in [0.05, 0.1) is 11.4 Å². The Morgan fingerprint density at radius 1 is 1.00 bits per heavy atom. The molecule has 6 heteroatoms. The summed E-state index contributed by atoms with van der Waals surface area (Å²) in [5.41, 5.74) is 5.54. The lowest BCUT2D eigenvalue weighted by atomic mass is 9.90. The zero-order valence-corrected chi connectivity index (χ0v) is 19.1. The van der Waals surface area contributed by atoms with Crippen LogP contribution in [0.25, 0.3) is 0 Å². The number of nitrogens with one attached hydrogen (secondary N) is 2. The summed E-state index contributed by atoms with van der Waals surface area (Å²) in [5.74, 6) is -0.871. The van der Waals surface area contributed by atoms with Crippen molar-refractivity contribution < 1.29 is 9.59 Å². The van der Waals surface area contributed by atoms with Crippen molar-refractivity contribution in [3.8, 4) is 0 Å². The highest BCUT2D eigenvalue weighted by Gasteiger charge is 2.35. The SMILES string of the molecule is CCNC(=O)c1ccc2c(c1)NC(=O)C2C(=Nc1ccc(CN(C)C)cc1)c1ccccc1. The third kappa shape index (κ3) is 5.02. The number of rotatable bonds is 7.